The van der Waals surface area contributed by atoms with Crippen LogP contribution in [0, 0.1) is 0 Å². The number of aldehydes is 1. The van der Waals surface area contributed by atoms with Gasteiger partial charge < -0.3 is 4.74 Å². The van der Waals surface area contributed by atoms with Crippen molar-refractivity contribution in [3.8, 4) is 5.75 Å². The van der Waals surface area contributed by atoms with Crippen LogP contribution in [0.3, 0.4) is 0 Å². The van der Waals surface area contributed by atoms with Crippen molar-refractivity contribution in [2.45, 2.75) is 12.8 Å². The van der Waals surface area contributed by atoms with Gasteiger partial charge in [0.2, 0.25) is 0 Å². The van der Waals surface area contributed by atoms with Crippen molar-refractivity contribution in [2.75, 3.05) is 0 Å². The van der Waals surface area contributed by atoms with E-state index in [1.54, 1.807) is 0 Å². The largest absolute Gasteiger partial charge is 0.489 e. The highest BCUT2D eigenvalue weighted by molar-refractivity contribution is 6.31. The molecule has 2 aromatic carbocycles. The van der Waals surface area contributed by atoms with Crippen molar-refractivity contribution in [2.24, 2.45) is 0 Å². The van der Waals surface area contributed by atoms with Crippen molar-refractivity contribution in [1.82, 2.24) is 0 Å². The summed E-state index contributed by atoms with van der Waals surface area (Å²) in [5, 5.41) is 0.349. The SMILES string of the molecule is O=Cc1cc(Cl)cc(OCc2ccc(C(F)(F)F)cc2)c1. The van der Waals surface area contributed by atoms with Crippen LogP contribution in [-0.4, -0.2) is 6.29 Å². The summed E-state index contributed by atoms with van der Waals surface area (Å²) in [6.07, 6.45) is -3.72. The number of carbonyl (C=O) groups excluding carboxylic acids is 1. The second kappa shape index (κ2) is 6.18. The Morgan fingerprint density at radius 1 is 1.10 bits per heavy atom. The van der Waals surface area contributed by atoms with E-state index in [-0.39, 0.29) is 6.61 Å². The van der Waals surface area contributed by atoms with Gasteiger partial charge in [0.15, 0.2) is 0 Å². The van der Waals surface area contributed by atoms with E-state index in [4.69, 9.17) is 16.3 Å². The normalized spacial score (nSPS) is 11.2. The van der Waals surface area contributed by atoms with Gasteiger partial charge in [-0.25, -0.2) is 0 Å². The van der Waals surface area contributed by atoms with Gasteiger partial charge in [-0.3, -0.25) is 4.79 Å². The van der Waals surface area contributed by atoms with Gasteiger partial charge in [0.05, 0.1) is 5.56 Å². The minimum atomic E-state index is -4.36. The molecule has 0 aliphatic rings. The third kappa shape index (κ3) is 4.23. The predicted molar refractivity (Wildman–Crippen MR) is 72.6 cm³/mol. The Balaban J connectivity index is 2.06. The number of halogens is 4. The monoisotopic (exact) mass is 314 g/mol. The fraction of sp³-hybridized carbons (Fsp3) is 0.133. The summed E-state index contributed by atoms with van der Waals surface area (Å²) >= 11 is 5.82. The van der Waals surface area contributed by atoms with Crippen LogP contribution in [-0.2, 0) is 12.8 Å². The molecule has 21 heavy (non-hydrogen) atoms. The number of rotatable bonds is 4. The lowest BCUT2D eigenvalue weighted by Gasteiger charge is -2.09. The van der Waals surface area contributed by atoms with Gasteiger partial charge in [0, 0.05) is 10.6 Å². The van der Waals surface area contributed by atoms with Crippen molar-refractivity contribution >= 4 is 17.9 Å². The highest BCUT2D eigenvalue weighted by atomic mass is 35.5. The molecule has 110 valence electrons. The zero-order valence-electron chi connectivity index (χ0n) is 10.7. The first-order valence-electron chi connectivity index (χ1n) is 5.93. The zero-order chi connectivity index (χ0) is 15.5. The Bertz CT molecular complexity index is 636. The lowest BCUT2D eigenvalue weighted by atomic mass is 10.1. The van der Waals surface area contributed by atoms with Crippen molar-refractivity contribution in [3.63, 3.8) is 0 Å². The number of alkyl halides is 3. The lowest BCUT2D eigenvalue weighted by molar-refractivity contribution is -0.137. The van der Waals surface area contributed by atoms with E-state index in [0.29, 0.717) is 28.2 Å². The number of ether oxygens (including phenoxy) is 1. The van der Waals surface area contributed by atoms with Gasteiger partial charge >= 0.3 is 6.18 Å². The van der Waals surface area contributed by atoms with Gasteiger partial charge in [-0.1, -0.05) is 23.7 Å². The molecule has 0 fully saturated rings. The summed E-state index contributed by atoms with van der Waals surface area (Å²) in [5.74, 6) is 0.379. The smallest absolute Gasteiger partial charge is 0.416 e. The predicted octanol–water partition coefficient (Wildman–Crippen LogP) is 4.75. The van der Waals surface area contributed by atoms with Crippen LogP contribution in [0.15, 0.2) is 42.5 Å². The van der Waals surface area contributed by atoms with Gasteiger partial charge in [0.1, 0.15) is 18.6 Å². The molecule has 0 radical (unpaired) electrons. The molecule has 0 saturated heterocycles. The molecular formula is C15H10ClF3O2. The molecule has 2 aromatic rings. The van der Waals surface area contributed by atoms with Gasteiger partial charge in [-0.05, 0) is 35.9 Å². The Hall–Kier alpha value is -2.01. The van der Waals surface area contributed by atoms with E-state index >= 15 is 0 Å². The van der Waals surface area contributed by atoms with Gasteiger partial charge in [-0.2, -0.15) is 13.2 Å². The summed E-state index contributed by atoms with van der Waals surface area (Å²) < 4.78 is 42.7. The minimum absolute atomic E-state index is 0.0801. The fourth-order valence-electron chi connectivity index (χ4n) is 1.69. The van der Waals surface area contributed by atoms with Crippen LogP contribution in [0.1, 0.15) is 21.5 Å². The first kappa shape index (κ1) is 15.4. The van der Waals surface area contributed by atoms with Crippen LogP contribution in [0.25, 0.3) is 0 Å². The minimum Gasteiger partial charge on any atom is -0.489 e. The second-order valence-electron chi connectivity index (χ2n) is 4.32. The third-order valence-corrected chi connectivity index (χ3v) is 2.93. The molecular weight excluding hydrogens is 305 g/mol. The molecule has 0 bridgehead atoms. The molecule has 0 aliphatic carbocycles. The van der Waals surface area contributed by atoms with Crippen LogP contribution < -0.4 is 4.74 Å². The number of carbonyl (C=O) groups is 1. The first-order valence-corrected chi connectivity index (χ1v) is 6.31. The maximum absolute atomic E-state index is 12.4. The molecule has 6 heteroatoms. The van der Waals surface area contributed by atoms with E-state index < -0.39 is 11.7 Å². The molecule has 0 atom stereocenters. The van der Waals surface area contributed by atoms with E-state index in [0.717, 1.165) is 12.1 Å². The summed E-state index contributed by atoms with van der Waals surface area (Å²) in [6, 6.07) is 9.18. The maximum Gasteiger partial charge on any atom is 0.416 e. The van der Waals surface area contributed by atoms with Crippen LogP contribution in [0.5, 0.6) is 5.75 Å². The molecule has 2 rings (SSSR count). The lowest BCUT2D eigenvalue weighted by Crippen LogP contribution is -2.05. The van der Waals surface area contributed by atoms with E-state index in [9.17, 15) is 18.0 Å². The molecule has 0 amide bonds. The topological polar surface area (TPSA) is 26.3 Å². The quantitative estimate of drug-likeness (QED) is 0.761. The van der Waals surface area contributed by atoms with Crippen LogP contribution >= 0.6 is 11.6 Å². The molecule has 0 N–H and O–H groups in total. The Kier molecular flexibility index (Phi) is 4.53. The number of hydrogen-bond acceptors (Lipinski definition) is 2. The molecule has 0 spiro atoms. The van der Waals surface area contributed by atoms with Crippen molar-refractivity contribution in [3.05, 3.63) is 64.2 Å². The molecule has 0 aromatic heterocycles. The van der Waals surface area contributed by atoms with Gasteiger partial charge in [0.25, 0.3) is 0 Å². The fourth-order valence-corrected chi connectivity index (χ4v) is 1.93. The number of benzene rings is 2. The summed E-state index contributed by atoms with van der Waals surface area (Å²) in [5.41, 5.74) is 0.234. The zero-order valence-corrected chi connectivity index (χ0v) is 11.4. The van der Waals surface area contributed by atoms with Crippen molar-refractivity contribution in [1.29, 1.82) is 0 Å². The summed E-state index contributed by atoms with van der Waals surface area (Å²) in [4.78, 5) is 10.7. The first-order chi connectivity index (χ1) is 9.88. The van der Waals surface area contributed by atoms with E-state index in [2.05, 4.69) is 0 Å². The van der Waals surface area contributed by atoms with Crippen LogP contribution in [0.4, 0.5) is 13.2 Å². The molecule has 0 saturated carbocycles. The average Bonchev–Trinajstić information content (AvgIpc) is 2.44. The van der Waals surface area contributed by atoms with Crippen molar-refractivity contribution < 1.29 is 22.7 Å². The molecule has 0 heterocycles. The Labute approximate surface area is 124 Å². The average molecular weight is 315 g/mol. The highest BCUT2D eigenvalue weighted by Crippen LogP contribution is 2.29. The van der Waals surface area contributed by atoms with E-state index in [1.807, 2.05) is 0 Å². The van der Waals surface area contributed by atoms with E-state index in [1.165, 1.54) is 30.3 Å². The number of hydrogen-bond donors (Lipinski definition) is 0. The Morgan fingerprint density at radius 3 is 2.33 bits per heavy atom. The maximum atomic E-state index is 12.4. The Morgan fingerprint density at radius 2 is 1.76 bits per heavy atom. The highest BCUT2D eigenvalue weighted by Gasteiger charge is 2.29. The molecule has 0 aliphatic heterocycles. The van der Waals surface area contributed by atoms with Gasteiger partial charge in [-0.15, -0.1) is 0 Å². The summed E-state index contributed by atoms with van der Waals surface area (Å²) in [7, 11) is 0. The third-order valence-electron chi connectivity index (χ3n) is 2.72. The van der Waals surface area contributed by atoms with Crippen LogP contribution in [0.2, 0.25) is 5.02 Å². The standard InChI is InChI=1S/C15H10ClF3O2/c16-13-5-11(8-20)6-14(7-13)21-9-10-1-3-12(4-2-10)15(17,18)19/h1-8H,9H2. The summed E-state index contributed by atoms with van der Waals surface area (Å²) in [6.45, 7) is 0.0801. The molecule has 0 unspecified atom stereocenters. The second-order valence-corrected chi connectivity index (χ2v) is 4.76. The molecule has 2 nitrogen and oxygen atoms in total.